The molecule has 72 valence electrons. The van der Waals surface area contributed by atoms with E-state index in [2.05, 4.69) is 15.9 Å². The fraction of sp³-hybridized carbons (Fsp3) is 0.875. The average Bonchev–Trinajstić information content (AvgIpc) is 2.00. The van der Waals surface area contributed by atoms with Gasteiger partial charge in [-0.25, -0.2) is 4.79 Å². The number of halogens is 1. The molecule has 0 heterocycles. The van der Waals surface area contributed by atoms with Crippen LogP contribution < -0.4 is 0 Å². The molecule has 0 bridgehead atoms. The molecule has 0 spiro atoms. The number of carbonyl (C=O) groups excluding carboxylic acids is 1. The standard InChI is InChI=1S/C8H16BrNO2/c1-7(2)6-12-8(11)10(3)5-4-9/h7H,4-6H2,1-3H3. The highest BCUT2D eigenvalue weighted by molar-refractivity contribution is 9.09. The first kappa shape index (κ1) is 11.8. The van der Waals surface area contributed by atoms with E-state index < -0.39 is 0 Å². The Labute approximate surface area is 82.2 Å². The lowest BCUT2D eigenvalue weighted by Crippen LogP contribution is -2.30. The van der Waals surface area contributed by atoms with Gasteiger partial charge in [-0.05, 0) is 5.92 Å². The van der Waals surface area contributed by atoms with Crippen molar-refractivity contribution in [2.24, 2.45) is 5.92 Å². The van der Waals surface area contributed by atoms with Crippen LogP contribution in [0.2, 0.25) is 0 Å². The van der Waals surface area contributed by atoms with Gasteiger partial charge in [-0.15, -0.1) is 0 Å². The number of rotatable bonds is 4. The summed E-state index contributed by atoms with van der Waals surface area (Å²) in [7, 11) is 1.73. The summed E-state index contributed by atoms with van der Waals surface area (Å²) < 4.78 is 4.98. The van der Waals surface area contributed by atoms with Crippen LogP contribution in [0.25, 0.3) is 0 Å². The molecule has 0 aliphatic carbocycles. The zero-order chi connectivity index (χ0) is 9.56. The van der Waals surface area contributed by atoms with E-state index in [1.165, 1.54) is 0 Å². The Morgan fingerprint density at radius 3 is 2.58 bits per heavy atom. The van der Waals surface area contributed by atoms with Gasteiger partial charge in [0.15, 0.2) is 0 Å². The molecule has 3 nitrogen and oxygen atoms in total. The maximum absolute atomic E-state index is 11.1. The molecule has 0 N–H and O–H groups in total. The zero-order valence-corrected chi connectivity index (χ0v) is 9.43. The van der Waals surface area contributed by atoms with Crippen LogP contribution in [-0.4, -0.2) is 36.5 Å². The first-order valence-corrected chi connectivity index (χ1v) is 5.14. The number of amides is 1. The monoisotopic (exact) mass is 237 g/mol. The Morgan fingerprint density at radius 2 is 2.17 bits per heavy atom. The summed E-state index contributed by atoms with van der Waals surface area (Å²) in [5.74, 6) is 0.395. The smallest absolute Gasteiger partial charge is 0.409 e. The number of carbonyl (C=O) groups is 1. The van der Waals surface area contributed by atoms with Gasteiger partial charge in [0.2, 0.25) is 0 Å². The maximum atomic E-state index is 11.1. The van der Waals surface area contributed by atoms with Crippen molar-refractivity contribution in [3.8, 4) is 0 Å². The van der Waals surface area contributed by atoms with Crippen LogP contribution in [0, 0.1) is 5.92 Å². The van der Waals surface area contributed by atoms with Crippen LogP contribution in [0.3, 0.4) is 0 Å². The van der Waals surface area contributed by atoms with E-state index in [-0.39, 0.29) is 6.09 Å². The predicted octanol–water partition coefficient (Wildman–Crippen LogP) is 2.11. The minimum atomic E-state index is -0.247. The van der Waals surface area contributed by atoms with Crippen LogP contribution in [0.4, 0.5) is 4.79 Å². The molecule has 0 aromatic carbocycles. The van der Waals surface area contributed by atoms with Crippen molar-refractivity contribution in [3.63, 3.8) is 0 Å². The van der Waals surface area contributed by atoms with Crippen LogP contribution >= 0.6 is 15.9 Å². The van der Waals surface area contributed by atoms with E-state index in [9.17, 15) is 4.79 Å². The van der Waals surface area contributed by atoms with Gasteiger partial charge in [0.1, 0.15) is 0 Å². The lowest BCUT2D eigenvalue weighted by Gasteiger charge is -2.16. The van der Waals surface area contributed by atoms with Gasteiger partial charge in [0, 0.05) is 18.9 Å². The first-order valence-electron chi connectivity index (χ1n) is 4.01. The maximum Gasteiger partial charge on any atom is 0.409 e. The third-order valence-electron chi connectivity index (χ3n) is 1.27. The van der Waals surface area contributed by atoms with Crippen molar-refractivity contribution >= 4 is 22.0 Å². The molecule has 12 heavy (non-hydrogen) atoms. The van der Waals surface area contributed by atoms with Gasteiger partial charge in [0.05, 0.1) is 6.61 Å². The third kappa shape index (κ3) is 5.41. The van der Waals surface area contributed by atoms with Crippen LogP contribution in [0.5, 0.6) is 0 Å². The number of alkyl halides is 1. The Hall–Kier alpha value is -0.250. The molecule has 4 heteroatoms. The van der Waals surface area contributed by atoms with E-state index >= 15 is 0 Å². The second-order valence-electron chi connectivity index (χ2n) is 3.08. The molecular formula is C8H16BrNO2. The van der Waals surface area contributed by atoms with E-state index in [0.29, 0.717) is 19.1 Å². The molecule has 0 saturated heterocycles. The SMILES string of the molecule is CC(C)COC(=O)N(C)CCBr. The van der Waals surface area contributed by atoms with Gasteiger partial charge in [0.25, 0.3) is 0 Å². The van der Waals surface area contributed by atoms with Gasteiger partial charge in [-0.3, -0.25) is 0 Å². The molecule has 0 atom stereocenters. The highest BCUT2D eigenvalue weighted by Gasteiger charge is 2.08. The van der Waals surface area contributed by atoms with Gasteiger partial charge < -0.3 is 9.64 Å². The third-order valence-corrected chi connectivity index (χ3v) is 1.63. The lowest BCUT2D eigenvalue weighted by atomic mass is 10.2. The van der Waals surface area contributed by atoms with Gasteiger partial charge in [-0.1, -0.05) is 29.8 Å². The Bertz CT molecular complexity index is 139. The number of hydrogen-bond acceptors (Lipinski definition) is 2. The highest BCUT2D eigenvalue weighted by atomic mass is 79.9. The molecule has 0 unspecified atom stereocenters. The number of ether oxygens (including phenoxy) is 1. The Morgan fingerprint density at radius 1 is 1.58 bits per heavy atom. The van der Waals surface area contributed by atoms with Crippen molar-refractivity contribution in [2.75, 3.05) is 25.5 Å². The minimum absolute atomic E-state index is 0.247. The van der Waals surface area contributed by atoms with E-state index in [1.54, 1.807) is 11.9 Å². The molecular weight excluding hydrogens is 222 g/mol. The fourth-order valence-corrected chi connectivity index (χ4v) is 1.10. The summed E-state index contributed by atoms with van der Waals surface area (Å²) in [6.07, 6.45) is -0.247. The normalized spacial score (nSPS) is 10.1. The predicted molar refractivity (Wildman–Crippen MR) is 52.6 cm³/mol. The van der Waals surface area contributed by atoms with Gasteiger partial charge >= 0.3 is 6.09 Å². The molecule has 0 aliphatic rings. The first-order chi connectivity index (χ1) is 5.57. The molecule has 0 saturated carbocycles. The zero-order valence-electron chi connectivity index (χ0n) is 7.84. The molecule has 0 aliphatic heterocycles. The van der Waals surface area contributed by atoms with E-state index in [1.807, 2.05) is 13.8 Å². The van der Waals surface area contributed by atoms with E-state index in [0.717, 1.165) is 5.33 Å². The largest absolute Gasteiger partial charge is 0.449 e. The fourth-order valence-electron chi connectivity index (χ4n) is 0.566. The summed E-state index contributed by atoms with van der Waals surface area (Å²) in [5.41, 5.74) is 0. The van der Waals surface area contributed by atoms with Crippen molar-refractivity contribution in [3.05, 3.63) is 0 Å². The highest BCUT2D eigenvalue weighted by Crippen LogP contribution is 1.97. The quantitative estimate of drug-likeness (QED) is 0.702. The van der Waals surface area contributed by atoms with Crippen molar-refractivity contribution in [1.29, 1.82) is 0 Å². The minimum Gasteiger partial charge on any atom is -0.449 e. The van der Waals surface area contributed by atoms with Crippen LogP contribution in [-0.2, 0) is 4.74 Å². The summed E-state index contributed by atoms with van der Waals surface area (Å²) in [6, 6.07) is 0. The molecule has 0 aromatic rings. The molecule has 0 fully saturated rings. The van der Waals surface area contributed by atoms with Crippen molar-refractivity contribution in [2.45, 2.75) is 13.8 Å². The second kappa shape index (κ2) is 6.29. The molecule has 0 rings (SSSR count). The average molecular weight is 238 g/mol. The lowest BCUT2D eigenvalue weighted by molar-refractivity contribution is 0.102. The Kier molecular flexibility index (Phi) is 6.16. The van der Waals surface area contributed by atoms with E-state index in [4.69, 9.17) is 4.74 Å². The molecule has 0 radical (unpaired) electrons. The molecule has 0 aromatic heterocycles. The summed E-state index contributed by atoms with van der Waals surface area (Å²) in [5, 5.41) is 0.778. The number of hydrogen-bond donors (Lipinski definition) is 0. The second-order valence-corrected chi connectivity index (χ2v) is 3.87. The summed E-state index contributed by atoms with van der Waals surface area (Å²) >= 11 is 3.25. The van der Waals surface area contributed by atoms with Crippen LogP contribution in [0.1, 0.15) is 13.8 Å². The van der Waals surface area contributed by atoms with Gasteiger partial charge in [-0.2, -0.15) is 0 Å². The summed E-state index contributed by atoms with van der Waals surface area (Å²) in [4.78, 5) is 12.7. The number of nitrogens with zero attached hydrogens (tertiary/aromatic N) is 1. The summed E-state index contributed by atoms with van der Waals surface area (Å²) in [6.45, 7) is 5.19. The van der Waals surface area contributed by atoms with Crippen LogP contribution in [0.15, 0.2) is 0 Å². The molecule has 1 amide bonds. The topological polar surface area (TPSA) is 29.5 Å². The van der Waals surface area contributed by atoms with Crippen molar-refractivity contribution < 1.29 is 9.53 Å². The Balaban J connectivity index is 3.57. The van der Waals surface area contributed by atoms with Crippen molar-refractivity contribution in [1.82, 2.24) is 4.90 Å².